The quantitative estimate of drug-likeness (QED) is 0.697. The maximum Gasteiger partial charge on any atom is 0.303 e. The van der Waals surface area contributed by atoms with Crippen molar-refractivity contribution in [1.82, 2.24) is 4.90 Å². The maximum absolute atomic E-state index is 13.3. The summed E-state index contributed by atoms with van der Waals surface area (Å²) in [6, 6.07) is 7.32. The summed E-state index contributed by atoms with van der Waals surface area (Å²) in [7, 11) is 3.05. The standard InChI is InChI=1S/C21H28N2O5/c1-4-20(12-10-16(24)25)11-7-13-23-19(26)18(27-2)17(21(20,23)28-3)14-8-5-6-9-15(14)22/h5-6,8-9H,4,7,10-13,22H2,1-3H3,(H,24,25)/t20-,21?/m1/s1. The molecule has 3 N–H and O–H groups in total. The first-order valence-electron chi connectivity index (χ1n) is 9.61. The normalized spacial score (nSPS) is 27.1. The third-order valence-corrected chi connectivity index (χ3v) is 6.37. The van der Waals surface area contributed by atoms with E-state index in [-0.39, 0.29) is 18.1 Å². The van der Waals surface area contributed by atoms with E-state index >= 15 is 0 Å². The number of benzene rings is 1. The van der Waals surface area contributed by atoms with Gasteiger partial charge in [0.05, 0.1) is 12.7 Å². The van der Waals surface area contributed by atoms with Gasteiger partial charge in [-0.2, -0.15) is 0 Å². The maximum atomic E-state index is 13.3. The molecule has 2 aliphatic heterocycles. The number of carbonyl (C=O) groups is 2. The molecule has 2 heterocycles. The lowest BCUT2D eigenvalue weighted by Crippen LogP contribution is -2.63. The van der Waals surface area contributed by atoms with Crippen LogP contribution < -0.4 is 5.73 Å². The van der Waals surface area contributed by atoms with Crippen LogP contribution >= 0.6 is 0 Å². The third-order valence-electron chi connectivity index (χ3n) is 6.37. The number of hydrogen-bond acceptors (Lipinski definition) is 5. The average Bonchev–Trinajstić information content (AvgIpc) is 2.95. The molecule has 28 heavy (non-hydrogen) atoms. The summed E-state index contributed by atoms with van der Waals surface area (Å²) in [6.07, 6.45) is 2.58. The van der Waals surface area contributed by atoms with Gasteiger partial charge in [-0.05, 0) is 31.7 Å². The van der Waals surface area contributed by atoms with Crippen LogP contribution in [0.15, 0.2) is 30.0 Å². The number of rotatable bonds is 7. The van der Waals surface area contributed by atoms with Gasteiger partial charge >= 0.3 is 5.97 Å². The Morgan fingerprint density at radius 3 is 2.61 bits per heavy atom. The molecule has 7 nitrogen and oxygen atoms in total. The first kappa shape index (κ1) is 20.2. The molecular weight excluding hydrogens is 360 g/mol. The number of amides is 1. The molecule has 1 saturated heterocycles. The topological polar surface area (TPSA) is 102 Å². The zero-order chi connectivity index (χ0) is 20.5. The molecule has 0 saturated carbocycles. The largest absolute Gasteiger partial charge is 0.491 e. The van der Waals surface area contributed by atoms with Gasteiger partial charge in [0.1, 0.15) is 0 Å². The van der Waals surface area contributed by atoms with Crippen molar-refractivity contribution < 1.29 is 24.2 Å². The van der Waals surface area contributed by atoms with Gasteiger partial charge in [0.2, 0.25) is 0 Å². The van der Waals surface area contributed by atoms with Gasteiger partial charge in [-0.25, -0.2) is 0 Å². The molecule has 1 aromatic rings. The highest BCUT2D eigenvalue weighted by Crippen LogP contribution is 2.60. The van der Waals surface area contributed by atoms with E-state index in [9.17, 15) is 14.7 Å². The number of methoxy groups -OCH3 is 2. The molecule has 0 radical (unpaired) electrons. The fourth-order valence-electron chi connectivity index (χ4n) is 5.10. The Morgan fingerprint density at radius 1 is 1.32 bits per heavy atom. The minimum Gasteiger partial charge on any atom is -0.491 e. The number of nitrogen functional groups attached to an aromatic ring is 1. The van der Waals surface area contributed by atoms with Gasteiger partial charge < -0.3 is 25.2 Å². The van der Waals surface area contributed by atoms with E-state index in [1.165, 1.54) is 7.11 Å². The van der Waals surface area contributed by atoms with Crippen LogP contribution in [0, 0.1) is 5.41 Å². The Kier molecular flexibility index (Phi) is 5.39. The smallest absolute Gasteiger partial charge is 0.303 e. The number of para-hydroxylation sites is 1. The zero-order valence-electron chi connectivity index (χ0n) is 16.7. The van der Waals surface area contributed by atoms with Crippen LogP contribution in [-0.2, 0) is 19.1 Å². The lowest BCUT2D eigenvalue weighted by molar-refractivity contribution is -0.198. The van der Waals surface area contributed by atoms with Gasteiger partial charge in [0, 0.05) is 36.7 Å². The lowest BCUT2D eigenvalue weighted by Gasteiger charge is -2.56. The van der Waals surface area contributed by atoms with Crippen LogP contribution in [0.4, 0.5) is 5.69 Å². The number of carboxylic acid groups (broad SMARTS) is 1. The number of fused-ring (bicyclic) bond motifs is 1. The summed E-state index contributed by atoms with van der Waals surface area (Å²) in [6.45, 7) is 2.54. The van der Waals surface area contributed by atoms with Gasteiger partial charge in [-0.3, -0.25) is 9.59 Å². The summed E-state index contributed by atoms with van der Waals surface area (Å²) >= 11 is 0. The lowest BCUT2D eigenvalue weighted by atomic mass is 9.63. The van der Waals surface area contributed by atoms with Crippen LogP contribution in [0.3, 0.4) is 0 Å². The molecule has 1 amide bonds. The van der Waals surface area contributed by atoms with Crippen LogP contribution in [-0.4, -0.2) is 48.4 Å². The summed E-state index contributed by atoms with van der Waals surface area (Å²) < 4.78 is 11.7. The highest BCUT2D eigenvalue weighted by molar-refractivity contribution is 6.08. The Bertz CT molecular complexity index is 821. The van der Waals surface area contributed by atoms with Crippen LogP contribution in [0.1, 0.15) is 44.6 Å². The number of anilines is 1. The summed E-state index contributed by atoms with van der Waals surface area (Å²) in [4.78, 5) is 26.4. The predicted octanol–water partition coefficient (Wildman–Crippen LogP) is 2.87. The van der Waals surface area contributed by atoms with E-state index in [0.29, 0.717) is 36.2 Å². The van der Waals surface area contributed by atoms with Gasteiger partial charge in [-0.15, -0.1) is 0 Å². The second-order valence-corrected chi connectivity index (χ2v) is 7.43. The highest BCUT2D eigenvalue weighted by Gasteiger charge is 2.65. The van der Waals surface area contributed by atoms with E-state index in [1.807, 2.05) is 25.1 Å². The minimum absolute atomic E-state index is 0.000841. The van der Waals surface area contributed by atoms with Crippen molar-refractivity contribution in [2.24, 2.45) is 5.41 Å². The van der Waals surface area contributed by atoms with Crippen LogP contribution in [0.25, 0.3) is 5.57 Å². The van der Waals surface area contributed by atoms with Gasteiger partial charge in [0.15, 0.2) is 11.5 Å². The molecule has 2 atom stereocenters. The number of aliphatic carboxylic acids is 1. The molecule has 3 rings (SSSR count). The van der Waals surface area contributed by atoms with Crippen LogP contribution in [0.5, 0.6) is 0 Å². The van der Waals surface area contributed by atoms with E-state index in [0.717, 1.165) is 12.8 Å². The SMILES string of the molecule is CC[C@]1(CCC(=O)O)CCCN2C(=O)C(OC)=C(c3ccccc3N)C21OC. The Balaban J connectivity index is 2.30. The van der Waals surface area contributed by atoms with Crippen molar-refractivity contribution >= 4 is 23.1 Å². The molecule has 0 aromatic heterocycles. The Morgan fingerprint density at radius 2 is 2.04 bits per heavy atom. The molecule has 0 aliphatic carbocycles. The first-order valence-corrected chi connectivity index (χ1v) is 9.61. The molecule has 152 valence electrons. The molecular formula is C21H28N2O5. The summed E-state index contributed by atoms with van der Waals surface area (Å²) in [5.74, 6) is -0.887. The molecule has 1 fully saturated rings. The monoisotopic (exact) mass is 388 g/mol. The number of hydrogen-bond donors (Lipinski definition) is 2. The van der Waals surface area contributed by atoms with E-state index in [4.69, 9.17) is 15.2 Å². The minimum atomic E-state index is -1.12. The van der Waals surface area contributed by atoms with Crippen molar-refractivity contribution in [3.8, 4) is 0 Å². The Labute approximate surface area is 165 Å². The molecule has 1 aromatic carbocycles. The van der Waals surface area contributed by atoms with E-state index < -0.39 is 17.1 Å². The second-order valence-electron chi connectivity index (χ2n) is 7.43. The molecule has 1 unspecified atom stereocenters. The number of ether oxygens (including phenoxy) is 2. The highest BCUT2D eigenvalue weighted by atomic mass is 16.5. The number of carboxylic acids is 1. The van der Waals surface area contributed by atoms with Crippen molar-refractivity contribution in [1.29, 1.82) is 0 Å². The molecule has 2 aliphatic rings. The summed E-state index contributed by atoms with van der Waals surface area (Å²) in [5.41, 5.74) is 6.41. The van der Waals surface area contributed by atoms with Crippen LogP contribution in [0.2, 0.25) is 0 Å². The molecule has 0 spiro atoms. The number of nitrogens with zero attached hydrogens (tertiary/aromatic N) is 1. The van der Waals surface area contributed by atoms with Gasteiger partial charge in [-0.1, -0.05) is 25.1 Å². The predicted molar refractivity (Wildman–Crippen MR) is 105 cm³/mol. The number of carbonyl (C=O) groups excluding carboxylic acids is 1. The third kappa shape index (κ3) is 2.68. The van der Waals surface area contributed by atoms with Crippen molar-refractivity contribution in [3.05, 3.63) is 35.6 Å². The van der Waals surface area contributed by atoms with Crippen molar-refractivity contribution in [3.63, 3.8) is 0 Å². The second kappa shape index (κ2) is 7.47. The average molecular weight is 388 g/mol. The van der Waals surface area contributed by atoms with Crippen molar-refractivity contribution in [2.45, 2.75) is 44.8 Å². The fourth-order valence-corrected chi connectivity index (χ4v) is 5.10. The van der Waals surface area contributed by atoms with E-state index in [1.54, 1.807) is 18.1 Å². The molecule has 0 bridgehead atoms. The zero-order valence-corrected chi connectivity index (χ0v) is 16.7. The Hall–Kier alpha value is -2.54. The molecule has 7 heteroatoms. The fraction of sp³-hybridized carbons (Fsp3) is 0.524. The first-order chi connectivity index (χ1) is 13.4. The summed E-state index contributed by atoms with van der Waals surface area (Å²) in [5, 5.41) is 9.35. The van der Waals surface area contributed by atoms with Crippen molar-refractivity contribution in [2.75, 3.05) is 26.5 Å². The number of piperidine rings is 1. The number of nitrogens with two attached hydrogens (primary N) is 1. The van der Waals surface area contributed by atoms with Gasteiger partial charge in [0.25, 0.3) is 5.91 Å². The van der Waals surface area contributed by atoms with E-state index in [2.05, 4.69) is 0 Å².